The van der Waals surface area contributed by atoms with Crippen molar-refractivity contribution in [3.63, 3.8) is 0 Å². The fourth-order valence-electron chi connectivity index (χ4n) is 3.93. The van der Waals surface area contributed by atoms with E-state index in [0.717, 1.165) is 25.7 Å². The van der Waals surface area contributed by atoms with Crippen LogP contribution in [0.2, 0.25) is 0 Å². The van der Waals surface area contributed by atoms with Crippen molar-refractivity contribution in [1.82, 2.24) is 14.9 Å². The molecule has 4 atom stereocenters. The lowest BCUT2D eigenvalue weighted by Gasteiger charge is -2.38. The van der Waals surface area contributed by atoms with Gasteiger partial charge in [0, 0.05) is 25.0 Å². The van der Waals surface area contributed by atoms with Gasteiger partial charge in [-0.15, -0.1) is 0 Å². The largest absolute Gasteiger partial charge is 0.378 e. The number of fused-ring (bicyclic) bond motifs is 2. The smallest absolute Gasteiger partial charge is 0.330 e. The average Bonchev–Trinajstić information content (AvgIpc) is 2.86. The fraction of sp³-hybridized carbons (Fsp3) is 0.750. The van der Waals surface area contributed by atoms with Gasteiger partial charge in [0.05, 0.1) is 13.0 Å². The van der Waals surface area contributed by atoms with E-state index in [-0.39, 0.29) is 18.9 Å². The molecular weight excluding hydrogens is 378 g/mol. The van der Waals surface area contributed by atoms with Crippen LogP contribution in [-0.4, -0.2) is 53.0 Å². The first-order valence-electron chi connectivity index (χ1n) is 10.4. The first-order chi connectivity index (χ1) is 13.9. The van der Waals surface area contributed by atoms with Gasteiger partial charge in [-0.3, -0.25) is 19.1 Å². The molecule has 0 saturated carbocycles. The Kier molecular flexibility index (Phi) is 6.92. The monoisotopic (exact) mass is 409 g/mol. The lowest BCUT2D eigenvalue weighted by atomic mass is 9.87. The normalized spacial score (nSPS) is 28.5. The first kappa shape index (κ1) is 21.7. The molecule has 2 fully saturated rings. The quantitative estimate of drug-likeness (QED) is 0.558. The number of aryl methyl sites for hydroxylation is 1. The Labute approximate surface area is 169 Å². The number of unbranched alkanes of at least 4 members (excludes halogenated alkanes) is 2. The van der Waals surface area contributed by atoms with Gasteiger partial charge < -0.3 is 19.5 Å². The number of hydrogen-bond donors (Lipinski definition) is 2. The van der Waals surface area contributed by atoms with Gasteiger partial charge in [0.2, 0.25) is 5.91 Å². The number of amides is 1. The number of aromatic amines is 1. The van der Waals surface area contributed by atoms with E-state index in [1.165, 1.54) is 10.8 Å². The fourth-order valence-corrected chi connectivity index (χ4v) is 3.93. The Morgan fingerprint density at radius 2 is 1.93 bits per heavy atom. The van der Waals surface area contributed by atoms with Crippen LogP contribution in [0, 0.1) is 6.92 Å². The predicted molar refractivity (Wildman–Crippen MR) is 106 cm³/mol. The molecule has 9 heteroatoms. The van der Waals surface area contributed by atoms with E-state index in [4.69, 9.17) is 14.2 Å². The number of nitrogens with zero attached hydrogens (tertiary/aromatic N) is 1. The summed E-state index contributed by atoms with van der Waals surface area (Å²) in [5.74, 6) is -0.166. The molecule has 1 aromatic rings. The number of nitrogens with one attached hydrogen (secondary N) is 2. The van der Waals surface area contributed by atoms with Gasteiger partial charge in [-0.2, -0.15) is 0 Å². The van der Waals surface area contributed by atoms with Crippen LogP contribution in [0.5, 0.6) is 0 Å². The van der Waals surface area contributed by atoms with E-state index in [9.17, 15) is 14.4 Å². The topological polar surface area (TPSA) is 112 Å². The van der Waals surface area contributed by atoms with Crippen LogP contribution >= 0.6 is 0 Å². The van der Waals surface area contributed by atoms with E-state index in [1.54, 1.807) is 6.92 Å². The van der Waals surface area contributed by atoms with E-state index in [1.807, 2.05) is 0 Å². The van der Waals surface area contributed by atoms with Crippen molar-refractivity contribution in [2.45, 2.75) is 76.9 Å². The highest BCUT2D eigenvalue weighted by Crippen LogP contribution is 2.44. The lowest BCUT2D eigenvalue weighted by Crippen LogP contribution is -2.60. The molecule has 9 nitrogen and oxygen atoms in total. The molecule has 2 saturated heterocycles. The standard InChI is InChI=1S/C20H31N3O6/c1-4-6-8-27-12-20-10-14(24)21-15(16(20)28-9-7-5-2)18(29-20)23-11-13(3)17(25)22-19(23)26/h11,15-16,18H,4-10,12H2,1-3H3,(H,21,24)(H,22,25,26)/t15-,16?,18+,20+/m0/s1. The van der Waals surface area contributed by atoms with Crippen LogP contribution in [0.25, 0.3) is 0 Å². The molecule has 2 aliphatic heterocycles. The maximum atomic E-state index is 12.5. The number of H-pyrrole nitrogens is 1. The number of hydrogen-bond acceptors (Lipinski definition) is 6. The van der Waals surface area contributed by atoms with Crippen molar-refractivity contribution in [3.8, 4) is 0 Å². The van der Waals surface area contributed by atoms with E-state index >= 15 is 0 Å². The molecular formula is C20H31N3O6. The van der Waals surface area contributed by atoms with Gasteiger partial charge in [-0.05, 0) is 19.8 Å². The van der Waals surface area contributed by atoms with Crippen LogP contribution in [0.15, 0.2) is 15.8 Å². The summed E-state index contributed by atoms with van der Waals surface area (Å²) in [5.41, 5.74) is -1.60. The SMILES string of the molecule is CCCCOC[C@]12CC(=O)N[C@@H](C1OCCCC)[C@H](n1cc(C)c(=O)[nH]c1=O)O2. The summed E-state index contributed by atoms with van der Waals surface area (Å²) < 4.78 is 19.7. The Balaban J connectivity index is 1.93. The molecule has 2 bridgehead atoms. The zero-order chi connectivity index (χ0) is 21.0. The maximum Gasteiger partial charge on any atom is 0.330 e. The van der Waals surface area contributed by atoms with Crippen molar-refractivity contribution in [1.29, 1.82) is 0 Å². The van der Waals surface area contributed by atoms with Gasteiger partial charge in [0.25, 0.3) is 5.56 Å². The maximum absolute atomic E-state index is 12.5. The molecule has 1 aromatic heterocycles. The van der Waals surface area contributed by atoms with Gasteiger partial charge >= 0.3 is 5.69 Å². The summed E-state index contributed by atoms with van der Waals surface area (Å²) in [6.07, 6.45) is 4.10. The van der Waals surface area contributed by atoms with Gasteiger partial charge in [-0.1, -0.05) is 26.7 Å². The Hall–Kier alpha value is -1.97. The van der Waals surface area contributed by atoms with Gasteiger partial charge in [-0.25, -0.2) is 4.79 Å². The number of piperidine rings is 1. The zero-order valence-corrected chi connectivity index (χ0v) is 17.4. The molecule has 0 aliphatic carbocycles. The summed E-state index contributed by atoms with van der Waals surface area (Å²) in [4.78, 5) is 39.0. The van der Waals surface area contributed by atoms with Crippen molar-refractivity contribution < 1.29 is 19.0 Å². The molecule has 29 heavy (non-hydrogen) atoms. The number of carbonyl (C=O) groups is 1. The van der Waals surface area contributed by atoms with Crippen molar-refractivity contribution >= 4 is 5.91 Å². The second-order valence-corrected chi connectivity index (χ2v) is 7.87. The highest BCUT2D eigenvalue weighted by atomic mass is 16.6. The average molecular weight is 409 g/mol. The number of rotatable bonds is 10. The van der Waals surface area contributed by atoms with E-state index < -0.39 is 35.2 Å². The van der Waals surface area contributed by atoms with Crippen LogP contribution in [-0.2, 0) is 19.0 Å². The second kappa shape index (κ2) is 9.23. The molecule has 162 valence electrons. The van der Waals surface area contributed by atoms with Gasteiger partial charge in [0.1, 0.15) is 17.7 Å². The minimum Gasteiger partial charge on any atom is -0.378 e. The van der Waals surface area contributed by atoms with Crippen LogP contribution in [0.4, 0.5) is 0 Å². The highest BCUT2D eigenvalue weighted by Gasteiger charge is 2.61. The van der Waals surface area contributed by atoms with Crippen LogP contribution in [0.1, 0.15) is 57.7 Å². The molecule has 2 aliphatic rings. The minimum absolute atomic E-state index is 0.0972. The number of ether oxygens (including phenoxy) is 3. The summed E-state index contributed by atoms with van der Waals surface area (Å²) in [6.45, 7) is 7.08. The van der Waals surface area contributed by atoms with Crippen LogP contribution in [0.3, 0.4) is 0 Å². The molecule has 3 heterocycles. The third-order valence-corrected chi connectivity index (χ3v) is 5.50. The Morgan fingerprint density at radius 1 is 1.21 bits per heavy atom. The van der Waals surface area contributed by atoms with E-state index in [0.29, 0.717) is 18.8 Å². The first-order valence-corrected chi connectivity index (χ1v) is 10.4. The lowest BCUT2D eigenvalue weighted by molar-refractivity contribution is -0.166. The minimum atomic E-state index is -0.970. The molecule has 0 radical (unpaired) electrons. The Bertz CT molecular complexity index is 834. The van der Waals surface area contributed by atoms with E-state index in [2.05, 4.69) is 24.1 Å². The molecule has 2 N–H and O–H groups in total. The summed E-state index contributed by atoms with van der Waals surface area (Å²) in [5, 5.41) is 2.92. The van der Waals surface area contributed by atoms with Crippen molar-refractivity contribution in [3.05, 3.63) is 32.6 Å². The zero-order valence-electron chi connectivity index (χ0n) is 17.4. The molecule has 1 unspecified atom stereocenters. The molecule has 3 rings (SSSR count). The second-order valence-electron chi connectivity index (χ2n) is 7.87. The third kappa shape index (κ3) is 4.46. The molecule has 0 aromatic carbocycles. The predicted octanol–water partition coefficient (Wildman–Crippen LogP) is 1.00. The van der Waals surface area contributed by atoms with Crippen LogP contribution < -0.4 is 16.6 Å². The number of aromatic nitrogens is 2. The number of carbonyl (C=O) groups excluding carboxylic acids is 1. The summed E-state index contributed by atoms with van der Waals surface area (Å²) >= 11 is 0. The highest BCUT2D eigenvalue weighted by molar-refractivity contribution is 5.79. The summed E-state index contributed by atoms with van der Waals surface area (Å²) in [7, 11) is 0. The molecule has 0 spiro atoms. The molecule has 1 amide bonds. The third-order valence-electron chi connectivity index (χ3n) is 5.50. The Morgan fingerprint density at radius 3 is 2.66 bits per heavy atom. The van der Waals surface area contributed by atoms with Gasteiger partial charge in [0.15, 0.2) is 6.23 Å². The van der Waals surface area contributed by atoms with Crippen molar-refractivity contribution in [2.75, 3.05) is 19.8 Å². The van der Waals surface area contributed by atoms with Crippen molar-refractivity contribution in [2.24, 2.45) is 0 Å². The summed E-state index contributed by atoms with van der Waals surface area (Å²) in [6, 6.07) is -0.550.